The third-order valence-corrected chi connectivity index (χ3v) is 3.25. The first-order valence-corrected chi connectivity index (χ1v) is 6.09. The molecule has 2 aromatic rings. The standard InChI is InChI=1S/C15H12O5.ClH/c16-9-3-1-8(2-4-9)13-7-12(19)15-11(18)5-10(17)6-14(15)20-13;/h1-6,13,16-18H,7H2;1H. The minimum atomic E-state index is -0.503. The summed E-state index contributed by atoms with van der Waals surface area (Å²) in [6.07, 6.45) is -0.410. The van der Waals surface area contributed by atoms with Crippen LogP contribution in [0.15, 0.2) is 36.4 Å². The van der Waals surface area contributed by atoms with Gasteiger partial charge in [0.25, 0.3) is 0 Å². The summed E-state index contributed by atoms with van der Waals surface area (Å²) in [6.45, 7) is 0. The van der Waals surface area contributed by atoms with Gasteiger partial charge in [-0.3, -0.25) is 4.79 Å². The van der Waals surface area contributed by atoms with Gasteiger partial charge in [-0.15, -0.1) is 12.4 Å². The molecular weight excluding hydrogens is 296 g/mol. The molecule has 0 aliphatic carbocycles. The number of ether oxygens (including phenoxy) is 1. The highest BCUT2D eigenvalue weighted by molar-refractivity contribution is 6.02. The van der Waals surface area contributed by atoms with Crippen molar-refractivity contribution >= 4 is 18.2 Å². The number of Topliss-reactive ketones (excluding diaryl/α,β-unsaturated/α-hetero) is 1. The first kappa shape index (κ1) is 15.0. The van der Waals surface area contributed by atoms with Crippen molar-refractivity contribution in [3.05, 3.63) is 47.5 Å². The topological polar surface area (TPSA) is 87.0 Å². The molecule has 1 atom stereocenters. The van der Waals surface area contributed by atoms with Crippen molar-refractivity contribution in [2.45, 2.75) is 12.5 Å². The average Bonchev–Trinajstić information content (AvgIpc) is 2.38. The van der Waals surface area contributed by atoms with E-state index >= 15 is 0 Å². The SMILES string of the molecule is Cl.O=C1CC(c2ccc(O)cc2)Oc2cc(O)cc(O)c21. The minimum Gasteiger partial charge on any atom is -0.508 e. The van der Waals surface area contributed by atoms with E-state index in [0.717, 1.165) is 11.6 Å². The van der Waals surface area contributed by atoms with Crippen LogP contribution in [0.3, 0.4) is 0 Å². The highest BCUT2D eigenvalue weighted by Gasteiger charge is 2.30. The second-order valence-corrected chi connectivity index (χ2v) is 4.66. The highest BCUT2D eigenvalue weighted by atomic mass is 35.5. The zero-order valence-corrected chi connectivity index (χ0v) is 11.6. The molecule has 0 bridgehead atoms. The summed E-state index contributed by atoms with van der Waals surface area (Å²) in [5.41, 5.74) is 0.836. The Bertz CT molecular complexity index is 681. The van der Waals surface area contributed by atoms with Crippen molar-refractivity contribution in [2.24, 2.45) is 0 Å². The van der Waals surface area contributed by atoms with Crippen LogP contribution in [0.4, 0.5) is 0 Å². The van der Waals surface area contributed by atoms with Crippen molar-refractivity contribution in [3.63, 3.8) is 0 Å². The van der Waals surface area contributed by atoms with Gasteiger partial charge in [-0.25, -0.2) is 0 Å². The van der Waals surface area contributed by atoms with Crippen LogP contribution in [0, 0.1) is 0 Å². The van der Waals surface area contributed by atoms with Gasteiger partial charge in [0.1, 0.15) is 34.7 Å². The molecule has 2 aromatic carbocycles. The molecule has 5 nitrogen and oxygen atoms in total. The molecule has 110 valence electrons. The number of carbonyl (C=O) groups excluding carboxylic acids is 1. The quantitative estimate of drug-likeness (QED) is 0.754. The summed E-state index contributed by atoms with van der Waals surface area (Å²) in [7, 11) is 0. The van der Waals surface area contributed by atoms with E-state index in [1.165, 1.54) is 18.2 Å². The monoisotopic (exact) mass is 308 g/mol. The normalized spacial score (nSPS) is 16.6. The Hall–Kier alpha value is -2.40. The van der Waals surface area contributed by atoms with Crippen molar-refractivity contribution < 1.29 is 24.9 Å². The number of phenolic OH excluding ortho intramolecular Hbond substituents is 3. The van der Waals surface area contributed by atoms with Gasteiger partial charge in [-0.1, -0.05) is 12.1 Å². The first-order valence-electron chi connectivity index (χ1n) is 6.09. The summed E-state index contributed by atoms with van der Waals surface area (Å²) in [5.74, 6) is -0.403. The summed E-state index contributed by atoms with van der Waals surface area (Å²) in [5, 5.41) is 28.4. The van der Waals surface area contributed by atoms with Crippen LogP contribution < -0.4 is 4.74 Å². The molecule has 1 unspecified atom stereocenters. The van der Waals surface area contributed by atoms with Gasteiger partial charge < -0.3 is 20.1 Å². The average molecular weight is 309 g/mol. The van der Waals surface area contributed by atoms with Crippen molar-refractivity contribution in [1.29, 1.82) is 0 Å². The van der Waals surface area contributed by atoms with Crippen molar-refractivity contribution in [2.75, 3.05) is 0 Å². The molecule has 1 aliphatic heterocycles. The number of carbonyl (C=O) groups is 1. The van der Waals surface area contributed by atoms with Gasteiger partial charge in [0.15, 0.2) is 5.78 Å². The molecule has 0 amide bonds. The number of benzene rings is 2. The van der Waals surface area contributed by atoms with Crippen LogP contribution in [0.2, 0.25) is 0 Å². The third-order valence-electron chi connectivity index (χ3n) is 3.25. The molecule has 0 fully saturated rings. The second kappa shape index (κ2) is 5.54. The highest BCUT2D eigenvalue weighted by Crippen LogP contribution is 2.41. The van der Waals surface area contributed by atoms with Crippen LogP contribution in [0.25, 0.3) is 0 Å². The largest absolute Gasteiger partial charge is 0.508 e. The van der Waals surface area contributed by atoms with E-state index in [9.17, 15) is 20.1 Å². The van der Waals surface area contributed by atoms with Crippen LogP contribution in [-0.2, 0) is 0 Å². The van der Waals surface area contributed by atoms with Crippen LogP contribution in [-0.4, -0.2) is 21.1 Å². The van der Waals surface area contributed by atoms with Gasteiger partial charge >= 0.3 is 0 Å². The van der Waals surface area contributed by atoms with Crippen LogP contribution in [0.1, 0.15) is 28.4 Å². The molecule has 3 rings (SSSR count). The Morgan fingerprint density at radius 1 is 1.00 bits per heavy atom. The third kappa shape index (κ3) is 2.73. The van der Waals surface area contributed by atoms with E-state index in [2.05, 4.69) is 0 Å². The van der Waals surface area contributed by atoms with Gasteiger partial charge in [0.05, 0.1) is 6.42 Å². The fourth-order valence-corrected chi connectivity index (χ4v) is 2.30. The Morgan fingerprint density at radius 3 is 2.33 bits per heavy atom. The van der Waals surface area contributed by atoms with Crippen molar-refractivity contribution in [3.8, 4) is 23.0 Å². The predicted octanol–water partition coefficient (Wildman–Crippen LogP) is 2.93. The lowest BCUT2D eigenvalue weighted by Crippen LogP contribution is -2.20. The molecule has 0 radical (unpaired) electrons. The van der Waals surface area contributed by atoms with E-state index in [1.807, 2.05) is 0 Å². The number of hydrogen-bond donors (Lipinski definition) is 3. The zero-order valence-electron chi connectivity index (χ0n) is 10.8. The smallest absolute Gasteiger partial charge is 0.174 e. The van der Waals surface area contributed by atoms with E-state index in [-0.39, 0.29) is 53.2 Å². The summed E-state index contributed by atoms with van der Waals surface area (Å²) in [6, 6.07) is 8.78. The molecule has 6 heteroatoms. The lowest BCUT2D eigenvalue weighted by molar-refractivity contribution is 0.0845. The molecule has 1 aliphatic rings. The Balaban J connectivity index is 0.00000161. The molecule has 21 heavy (non-hydrogen) atoms. The molecule has 0 saturated heterocycles. The Morgan fingerprint density at radius 2 is 1.67 bits per heavy atom. The maximum Gasteiger partial charge on any atom is 0.174 e. The van der Waals surface area contributed by atoms with E-state index in [4.69, 9.17) is 4.74 Å². The summed E-state index contributed by atoms with van der Waals surface area (Å²) in [4.78, 5) is 12.1. The van der Waals surface area contributed by atoms with Gasteiger partial charge in [0.2, 0.25) is 0 Å². The predicted molar refractivity (Wildman–Crippen MR) is 77.4 cm³/mol. The Labute approximate surface area is 126 Å². The van der Waals surface area contributed by atoms with E-state index in [0.29, 0.717) is 0 Å². The molecule has 0 saturated carbocycles. The van der Waals surface area contributed by atoms with E-state index in [1.54, 1.807) is 12.1 Å². The van der Waals surface area contributed by atoms with Crippen LogP contribution >= 0.6 is 12.4 Å². The molecule has 1 heterocycles. The lowest BCUT2D eigenvalue weighted by Gasteiger charge is -2.26. The minimum absolute atomic E-state index is 0. The molecular formula is C15H13ClO5. The van der Waals surface area contributed by atoms with Gasteiger partial charge in [0, 0.05) is 12.1 Å². The fourth-order valence-electron chi connectivity index (χ4n) is 2.30. The lowest BCUT2D eigenvalue weighted by atomic mass is 9.95. The number of halogens is 1. The Kier molecular flexibility index (Phi) is 3.95. The number of phenols is 3. The van der Waals surface area contributed by atoms with Crippen LogP contribution in [0.5, 0.6) is 23.0 Å². The maximum atomic E-state index is 12.1. The molecule has 3 N–H and O–H groups in total. The summed E-state index contributed by atoms with van der Waals surface area (Å²) < 4.78 is 5.67. The number of ketones is 1. The number of fused-ring (bicyclic) bond motifs is 1. The first-order chi connectivity index (χ1) is 9.54. The van der Waals surface area contributed by atoms with Gasteiger partial charge in [-0.2, -0.15) is 0 Å². The number of hydrogen-bond acceptors (Lipinski definition) is 5. The molecule has 0 spiro atoms. The van der Waals surface area contributed by atoms with Gasteiger partial charge in [-0.05, 0) is 17.7 Å². The van der Waals surface area contributed by atoms with E-state index < -0.39 is 6.10 Å². The number of aromatic hydroxyl groups is 3. The summed E-state index contributed by atoms with van der Waals surface area (Å²) >= 11 is 0. The maximum absolute atomic E-state index is 12.1. The fraction of sp³-hybridized carbons (Fsp3) is 0.133. The second-order valence-electron chi connectivity index (χ2n) is 4.66. The zero-order chi connectivity index (χ0) is 14.3. The molecule has 0 aromatic heterocycles. The number of rotatable bonds is 1. The van der Waals surface area contributed by atoms with Crippen molar-refractivity contribution in [1.82, 2.24) is 0 Å².